The van der Waals surface area contributed by atoms with Gasteiger partial charge in [-0.15, -0.1) is 0 Å². The standard InChI is InChI=1S/C12H11IN2O3/c1-3-18-12(17)8-5-14-11-7(10(8)16)4-9(13)6(2)15-11/h4-5H,3H2,1-2H3,(H,14,15,16). The second kappa shape index (κ2) is 5.05. The van der Waals surface area contributed by atoms with E-state index in [9.17, 15) is 9.59 Å². The highest BCUT2D eigenvalue weighted by Crippen LogP contribution is 2.14. The van der Waals surface area contributed by atoms with Crippen LogP contribution in [0.3, 0.4) is 0 Å². The Morgan fingerprint density at radius 1 is 1.56 bits per heavy atom. The molecule has 0 aliphatic rings. The molecule has 0 saturated carbocycles. The van der Waals surface area contributed by atoms with Crippen LogP contribution in [0.25, 0.3) is 11.0 Å². The Labute approximate surface area is 117 Å². The summed E-state index contributed by atoms with van der Waals surface area (Å²) < 4.78 is 5.71. The van der Waals surface area contributed by atoms with Crippen molar-refractivity contribution in [3.05, 3.63) is 37.3 Å². The van der Waals surface area contributed by atoms with Gasteiger partial charge in [0.1, 0.15) is 11.2 Å². The molecule has 0 aromatic carbocycles. The largest absolute Gasteiger partial charge is 0.462 e. The van der Waals surface area contributed by atoms with E-state index in [2.05, 4.69) is 32.6 Å². The van der Waals surface area contributed by atoms with Crippen LogP contribution in [0, 0.1) is 10.5 Å². The van der Waals surface area contributed by atoms with Crippen LogP contribution in [-0.2, 0) is 4.74 Å². The minimum atomic E-state index is -0.615. The van der Waals surface area contributed by atoms with Gasteiger partial charge in [-0.2, -0.15) is 0 Å². The van der Waals surface area contributed by atoms with E-state index in [1.54, 1.807) is 13.0 Å². The van der Waals surface area contributed by atoms with Crippen molar-refractivity contribution in [1.82, 2.24) is 9.97 Å². The van der Waals surface area contributed by atoms with Crippen LogP contribution in [0.15, 0.2) is 17.1 Å². The predicted molar refractivity (Wildman–Crippen MR) is 75.8 cm³/mol. The number of pyridine rings is 2. The molecule has 94 valence electrons. The van der Waals surface area contributed by atoms with Crippen molar-refractivity contribution in [3.63, 3.8) is 0 Å². The number of halogens is 1. The van der Waals surface area contributed by atoms with Gasteiger partial charge in [0.25, 0.3) is 0 Å². The minimum absolute atomic E-state index is 0.00537. The molecule has 0 aliphatic heterocycles. The van der Waals surface area contributed by atoms with Crippen LogP contribution >= 0.6 is 22.6 Å². The van der Waals surface area contributed by atoms with Crippen LogP contribution < -0.4 is 5.43 Å². The van der Waals surface area contributed by atoms with E-state index in [-0.39, 0.29) is 17.6 Å². The van der Waals surface area contributed by atoms with Crippen LogP contribution in [0.2, 0.25) is 0 Å². The van der Waals surface area contributed by atoms with Gasteiger partial charge in [-0.05, 0) is 42.5 Å². The van der Waals surface area contributed by atoms with Gasteiger partial charge in [-0.25, -0.2) is 9.78 Å². The van der Waals surface area contributed by atoms with Crippen LogP contribution in [-0.4, -0.2) is 22.5 Å². The van der Waals surface area contributed by atoms with Crippen molar-refractivity contribution in [2.45, 2.75) is 13.8 Å². The normalized spacial score (nSPS) is 10.6. The van der Waals surface area contributed by atoms with Crippen molar-refractivity contribution < 1.29 is 9.53 Å². The summed E-state index contributed by atoms with van der Waals surface area (Å²) in [6.45, 7) is 3.79. The summed E-state index contributed by atoms with van der Waals surface area (Å²) in [5.41, 5.74) is 0.965. The first-order valence-electron chi connectivity index (χ1n) is 5.40. The molecule has 0 aliphatic carbocycles. The molecular formula is C12H11IN2O3. The number of rotatable bonds is 2. The first-order chi connectivity index (χ1) is 8.54. The van der Waals surface area contributed by atoms with Gasteiger partial charge in [0, 0.05) is 9.77 Å². The zero-order chi connectivity index (χ0) is 13.3. The number of esters is 1. The van der Waals surface area contributed by atoms with E-state index >= 15 is 0 Å². The number of nitrogens with one attached hydrogen (secondary N) is 1. The van der Waals surface area contributed by atoms with E-state index in [1.165, 1.54) is 6.20 Å². The number of H-pyrrole nitrogens is 1. The van der Waals surface area contributed by atoms with Gasteiger partial charge in [0.2, 0.25) is 5.43 Å². The van der Waals surface area contributed by atoms with Crippen molar-refractivity contribution in [1.29, 1.82) is 0 Å². The molecule has 5 nitrogen and oxygen atoms in total. The Hall–Kier alpha value is -1.44. The van der Waals surface area contributed by atoms with Crippen molar-refractivity contribution >= 4 is 39.6 Å². The highest BCUT2D eigenvalue weighted by molar-refractivity contribution is 14.1. The molecule has 0 fully saturated rings. The second-order valence-electron chi connectivity index (χ2n) is 3.70. The van der Waals surface area contributed by atoms with Crippen molar-refractivity contribution in [2.24, 2.45) is 0 Å². The second-order valence-corrected chi connectivity index (χ2v) is 4.87. The van der Waals surface area contributed by atoms with Gasteiger partial charge in [0.15, 0.2) is 0 Å². The molecule has 0 unspecified atom stereocenters. The van der Waals surface area contributed by atoms with Gasteiger partial charge in [-0.1, -0.05) is 0 Å². The summed E-state index contributed by atoms with van der Waals surface area (Å²) >= 11 is 2.10. The lowest BCUT2D eigenvalue weighted by Crippen LogP contribution is -2.18. The maximum atomic E-state index is 12.1. The van der Waals surface area contributed by atoms with Crippen LogP contribution in [0.5, 0.6) is 0 Å². The molecule has 2 aromatic heterocycles. The van der Waals surface area contributed by atoms with E-state index < -0.39 is 5.97 Å². The summed E-state index contributed by atoms with van der Waals surface area (Å²) in [5.74, 6) is -0.615. The number of carbonyl (C=O) groups is 1. The van der Waals surface area contributed by atoms with Crippen molar-refractivity contribution in [3.8, 4) is 0 Å². The number of aromatic nitrogens is 2. The Balaban J connectivity index is 2.68. The first-order valence-corrected chi connectivity index (χ1v) is 6.48. The van der Waals surface area contributed by atoms with E-state index in [4.69, 9.17) is 4.74 Å². The maximum Gasteiger partial charge on any atom is 0.343 e. The fourth-order valence-electron chi connectivity index (χ4n) is 1.58. The molecule has 0 amide bonds. The lowest BCUT2D eigenvalue weighted by Gasteiger charge is -2.04. The number of hydrogen-bond donors (Lipinski definition) is 1. The number of aromatic amines is 1. The Morgan fingerprint density at radius 3 is 2.94 bits per heavy atom. The number of aryl methyl sites for hydroxylation is 1. The average Bonchev–Trinajstić information content (AvgIpc) is 2.32. The maximum absolute atomic E-state index is 12.1. The van der Waals surface area contributed by atoms with E-state index in [1.807, 2.05) is 6.92 Å². The molecular weight excluding hydrogens is 347 g/mol. The van der Waals surface area contributed by atoms with E-state index in [0.717, 1.165) is 9.26 Å². The number of fused-ring (bicyclic) bond motifs is 1. The third-order valence-electron chi connectivity index (χ3n) is 2.49. The van der Waals surface area contributed by atoms with Gasteiger partial charge in [-0.3, -0.25) is 4.79 Å². The topological polar surface area (TPSA) is 72.1 Å². The minimum Gasteiger partial charge on any atom is -0.462 e. The summed E-state index contributed by atoms with van der Waals surface area (Å²) in [4.78, 5) is 30.9. The zero-order valence-corrected chi connectivity index (χ0v) is 12.1. The first kappa shape index (κ1) is 13.0. The molecule has 18 heavy (non-hydrogen) atoms. The highest BCUT2D eigenvalue weighted by Gasteiger charge is 2.15. The van der Waals surface area contributed by atoms with E-state index in [0.29, 0.717) is 11.0 Å². The number of nitrogens with zero attached hydrogens (tertiary/aromatic N) is 1. The predicted octanol–water partition coefficient (Wildman–Crippen LogP) is 2.01. The number of ether oxygens (including phenoxy) is 1. The van der Waals surface area contributed by atoms with Crippen LogP contribution in [0.1, 0.15) is 23.0 Å². The molecule has 0 bridgehead atoms. The molecule has 0 atom stereocenters. The molecule has 6 heteroatoms. The third kappa shape index (κ3) is 2.24. The molecule has 2 rings (SSSR count). The molecule has 0 saturated heterocycles. The Kier molecular flexibility index (Phi) is 3.65. The Bertz CT molecular complexity index is 679. The Morgan fingerprint density at radius 2 is 2.28 bits per heavy atom. The summed E-state index contributed by atoms with van der Waals surface area (Å²) in [6, 6.07) is 1.72. The quantitative estimate of drug-likeness (QED) is 0.659. The monoisotopic (exact) mass is 358 g/mol. The molecule has 0 spiro atoms. The SMILES string of the molecule is CCOC(=O)c1c[nH]c2nc(C)c(I)cc2c1=O. The highest BCUT2D eigenvalue weighted by atomic mass is 127. The fourth-order valence-corrected chi connectivity index (χ4v) is 2.01. The summed E-state index contributed by atoms with van der Waals surface area (Å²) in [7, 11) is 0. The van der Waals surface area contributed by atoms with Gasteiger partial charge < -0.3 is 9.72 Å². The number of carbonyl (C=O) groups excluding carboxylic acids is 1. The van der Waals surface area contributed by atoms with Gasteiger partial charge >= 0.3 is 5.97 Å². The molecule has 0 radical (unpaired) electrons. The smallest absolute Gasteiger partial charge is 0.343 e. The number of hydrogen-bond acceptors (Lipinski definition) is 4. The van der Waals surface area contributed by atoms with Gasteiger partial charge in [0.05, 0.1) is 17.7 Å². The summed E-state index contributed by atoms with van der Waals surface area (Å²) in [5, 5.41) is 0.399. The average molecular weight is 358 g/mol. The summed E-state index contributed by atoms with van der Waals surface area (Å²) in [6.07, 6.45) is 1.35. The molecule has 2 aromatic rings. The lowest BCUT2D eigenvalue weighted by atomic mass is 10.2. The molecule has 1 N–H and O–H groups in total. The molecule has 2 heterocycles. The zero-order valence-electron chi connectivity index (χ0n) is 9.91. The van der Waals surface area contributed by atoms with Crippen LogP contribution in [0.4, 0.5) is 0 Å². The third-order valence-corrected chi connectivity index (χ3v) is 3.58. The van der Waals surface area contributed by atoms with Crippen molar-refractivity contribution in [2.75, 3.05) is 6.61 Å². The fraction of sp³-hybridized carbons (Fsp3) is 0.250. The lowest BCUT2D eigenvalue weighted by molar-refractivity contribution is 0.0524.